The van der Waals surface area contributed by atoms with Crippen LogP contribution in [0.25, 0.3) is 11.1 Å². The maximum atomic E-state index is 12.8. The fourth-order valence-corrected chi connectivity index (χ4v) is 7.17. The molecule has 1 aromatic heterocycles. The van der Waals surface area contributed by atoms with Crippen molar-refractivity contribution in [2.75, 3.05) is 19.8 Å². The van der Waals surface area contributed by atoms with Crippen LogP contribution in [0.3, 0.4) is 0 Å². The van der Waals surface area contributed by atoms with E-state index in [1.54, 1.807) is 23.5 Å². The minimum Gasteiger partial charge on any atom is -0.494 e. The van der Waals surface area contributed by atoms with E-state index in [1.165, 1.54) is 102 Å². The number of esters is 2. The Hall–Kier alpha value is -4.36. The summed E-state index contributed by atoms with van der Waals surface area (Å²) < 4.78 is 22.5. The van der Waals surface area contributed by atoms with Crippen LogP contribution in [-0.2, 0) is 16.0 Å². The quantitative estimate of drug-likeness (QED) is 0.0228. The van der Waals surface area contributed by atoms with Gasteiger partial charge in [0.25, 0.3) is 0 Å². The van der Waals surface area contributed by atoms with Gasteiger partial charge in [-0.25, -0.2) is 9.59 Å². The number of rotatable bonds is 30. The molecule has 0 bridgehead atoms. The molecule has 0 saturated carbocycles. The Morgan fingerprint density at radius 3 is 1.42 bits per heavy atom. The summed E-state index contributed by atoms with van der Waals surface area (Å²) in [6, 6.07) is 25.2. The largest absolute Gasteiger partial charge is 0.494 e. The van der Waals surface area contributed by atoms with Gasteiger partial charge in [-0.05, 0) is 114 Å². The maximum Gasteiger partial charge on any atom is 0.343 e. The molecule has 7 heteroatoms. The fraction of sp³-hybridized carbons (Fsp3) is 0.458. The second kappa shape index (κ2) is 27.3. The summed E-state index contributed by atoms with van der Waals surface area (Å²) in [5.41, 5.74) is 4.11. The SMILES string of the molecule is C=CC(=O)OCCCCCCCCCCCOc1ccc(C(=O)Oc2ccc(-c3ccc(OCCCCCCCCCCCc4ccsc4)cc3)cc2)cc1. The molecule has 296 valence electrons. The number of hydrogen-bond donors (Lipinski definition) is 0. The van der Waals surface area contributed by atoms with Gasteiger partial charge in [-0.1, -0.05) is 121 Å². The molecule has 0 atom stereocenters. The van der Waals surface area contributed by atoms with Gasteiger partial charge >= 0.3 is 11.9 Å². The number of carbonyl (C=O) groups is 2. The molecule has 0 unspecified atom stereocenters. The molecule has 0 aliphatic rings. The molecule has 55 heavy (non-hydrogen) atoms. The first-order valence-electron chi connectivity index (χ1n) is 20.7. The topological polar surface area (TPSA) is 71.1 Å². The highest BCUT2D eigenvalue weighted by Gasteiger charge is 2.10. The van der Waals surface area contributed by atoms with Crippen molar-refractivity contribution < 1.29 is 28.5 Å². The minimum absolute atomic E-state index is 0.341. The summed E-state index contributed by atoms with van der Waals surface area (Å²) in [4.78, 5) is 23.8. The van der Waals surface area contributed by atoms with Crippen molar-refractivity contribution in [1.29, 1.82) is 0 Å². The van der Waals surface area contributed by atoms with Gasteiger partial charge < -0.3 is 18.9 Å². The Bertz CT molecular complexity index is 1600. The van der Waals surface area contributed by atoms with E-state index in [0.29, 0.717) is 24.5 Å². The molecule has 0 fully saturated rings. The molecule has 0 amide bonds. The number of ether oxygens (including phenoxy) is 4. The van der Waals surface area contributed by atoms with Gasteiger partial charge in [0.2, 0.25) is 0 Å². The summed E-state index contributed by atoms with van der Waals surface area (Å²) in [6.07, 6.45) is 24.3. The van der Waals surface area contributed by atoms with Gasteiger partial charge in [0.15, 0.2) is 0 Å². The first kappa shape index (κ1) is 43.4. The molecular formula is C48H62O6S. The van der Waals surface area contributed by atoms with Crippen LogP contribution in [0.4, 0.5) is 0 Å². The summed E-state index contributed by atoms with van der Waals surface area (Å²) in [6.45, 7) is 5.29. The van der Waals surface area contributed by atoms with Crippen LogP contribution >= 0.6 is 11.3 Å². The van der Waals surface area contributed by atoms with Crippen molar-refractivity contribution in [2.24, 2.45) is 0 Å². The van der Waals surface area contributed by atoms with Crippen LogP contribution in [-0.4, -0.2) is 31.8 Å². The molecular weight excluding hydrogens is 705 g/mol. The normalized spacial score (nSPS) is 10.9. The minimum atomic E-state index is -0.395. The van der Waals surface area contributed by atoms with Crippen molar-refractivity contribution in [2.45, 2.75) is 122 Å². The first-order valence-corrected chi connectivity index (χ1v) is 21.6. The number of thiophene rings is 1. The molecule has 0 aliphatic heterocycles. The van der Waals surface area contributed by atoms with Gasteiger partial charge in [-0.3, -0.25) is 0 Å². The van der Waals surface area contributed by atoms with Crippen LogP contribution in [0.1, 0.15) is 131 Å². The predicted octanol–water partition coefficient (Wildman–Crippen LogP) is 13.4. The zero-order valence-electron chi connectivity index (χ0n) is 32.9. The number of benzene rings is 3. The molecule has 0 spiro atoms. The Labute approximate surface area is 334 Å². The average Bonchev–Trinajstić information content (AvgIpc) is 3.74. The average molecular weight is 767 g/mol. The van der Waals surface area contributed by atoms with Crippen molar-refractivity contribution in [3.8, 4) is 28.4 Å². The molecule has 0 radical (unpaired) electrons. The van der Waals surface area contributed by atoms with Gasteiger partial charge in [0.1, 0.15) is 17.2 Å². The first-order chi connectivity index (χ1) is 27.1. The molecule has 4 rings (SSSR count). The van der Waals surface area contributed by atoms with E-state index >= 15 is 0 Å². The molecule has 0 saturated heterocycles. The molecule has 3 aromatic carbocycles. The van der Waals surface area contributed by atoms with Crippen molar-refractivity contribution in [3.63, 3.8) is 0 Å². The third kappa shape index (κ3) is 18.7. The number of hydrogen-bond acceptors (Lipinski definition) is 7. The molecule has 1 heterocycles. The van der Waals surface area contributed by atoms with E-state index in [-0.39, 0.29) is 5.97 Å². The summed E-state index contributed by atoms with van der Waals surface area (Å²) in [5.74, 6) is 1.42. The zero-order valence-corrected chi connectivity index (χ0v) is 33.7. The summed E-state index contributed by atoms with van der Waals surface area (Å²) >= 11 is 1.80. The van der Waals surface area contributed by atoms with E-state index in [0.717, 1.165) is 61.3 Å². The second-order valence-corrected chi connectivity index (χ2v) is 15.1. The molecule has 4 aromatic rings. The van der Waals surface area contributed by atoms with E-state index in [2.05, 4.69) is 35.5 Å². The lowest BCUT2D eigenvalue weighted by Gasteiger charge is -2.09. The lowest BCUT2D eigenvalue weighted by Crippen LogP contribution is -2.08. The molecule has 0 aliphatic carbocycles. The number of aryl methyl sites for hydroxylation is 1. The third-order valence-electron chi connectivity index (χ3n) is 9.77. The zero-order chi connectivity index (χ0) is 38.6. The highest BCUT2D eigenvalue weighted by molar-refractivity contribution is 7.07. The monoisotopic (exact) mass is 766 g/mol. The second-order valence-electron chi connectivity index (χ2n) is 14.3. The van der Waals surface area contributed by atoms with Crippen LogP contribution in [0, 0.1) is 0 Å². The smallest absolute Gasteiger partial charge is 0.343 e. The Balaban J connectivity index is 0.997. The van der Waals surface area contributed by atoms with Crippen molar-refractivity contribution in [1.82, 2.24) is 0 Å². The summed E-state index contributed by atoms with van der Waals surface area (Å²) in [7, 11) is 0. The van der Waals surface area contributed by atoms with Crippen LogP contribution in [0.2, 0.25) is 0 Å². The van der Waals surface area contributed by atoms with E-state index in [9.17, 15) is 9.59 Å². The highest BCUT2D eigenvalue weighted by Crippen LogP contribution is 2.26. The van der Waals surface area contributed by atoms with Gasteiger partial charge in [-0.2, -0.15) is 11.3 Å². The lowest BCUT2D eigenvalue weighted by atomic mass is 10.1. The fourth-order valence-electron chi connectivity index (χ4n) is 6.47. The van der Waals surface area contributed by atoms with E-state index in [1.807, 2.05) is 48.5 Å². The van der Waals surface area contributed by atoms with E-state index in [4.69, 9.17) is 18.9 Å². The van der Waals surface area contributed by atoms with Gasteiger partial charge in [0, 0.05) is 6.08 Å². The molecule has 0 N–H and O–H groups in total. The molecule has 6 nitrogen and oxygen atoms in total. The Kier molecular flexibility index (Phi) is 21.5. The third-order valence-corrected chi connectivity index (χ3v) is 10.5. The maximum absolute atomic E-state index is 12.8. The van der Waals surface area contributed by atoms with E-state index < -0.39 is 5.97 Å². The number of unbranched alkanes of at least 4 members (excludes halogenated alkanes) is 16. The van der Waals surface area contributed by atoms with Crippen molar-refractivity contribution in [3.05, 3.63) is 113 Å². The van der Waals surface area contributed by atoms with Crippen molar-refractivity contribution >= 4 is 23.3 Å². The van der Waals surface area contributed by atoms with Gasteiger partial charge in [0.05, 0.1) is 25.4 Å². The number of carbonyl (C=O) groups excluding carboxylic acids is 2. The Morgan fingerprint density at radius 2 is 0.945 bits per heavy atom. The lowest BCUT2D eigenvalue weighted by molar-refractivity contribution is -0.137. The van der Waals surface area contributed by atoms with Crippen LogP contribution in [0.15, 0.2) is 102 Å². The summed E-state index contributed by atoms with van der Waals surface area (Å²) in [5, 5.41) is 4.45. The van der Waals surface area contributed by atoms with Crippen LogP contribution in [0.5, 0.6) is 17.2 Å². The predicted molar refractivity (Wildman–Crippen MR) is 227 cm³/mol. The Morgan fingerprint density at radius 1 is 0.509 bits per heavy atom. The standard InChI is InChI=1S/C48H62O6S/c1-2-47(49)53-37-20-16-12-8-4-7-11-15-19-36-52-45-30-26-43(27-31-45)48(50)54-46-32-24-42(25-33-46)41-22-28-44(29-23-41)51-35-18-14-10-6-3-5-9-13-17-21-40-34-38-55-39-40/h2,22-34,38-39H,1,3-21,35-37H2. The van der Waals surface area contributed by atoms with Crippen LogP contribution < -0.4 is 14.2 Å². The highest BCUT2D eigenvalue weighted by atomic mass is 32.1. The van der Waals surface area contributed by atoms with Gasteiger partial charge in [-0.15, -0.1) is 0 Å².